The van der Waals surface area contributed by atoms with Crippen molar-refractivity contribution in [2.45, 2.75) is 52.4 Å². The maximum Gasteiger partial charge on any atom is 1.00 e. The molecule has 0 aliphatic heterocycles. The Hall–Kier alpha value is 0.656. The second kappa shape index (κ2) is 5.53. The van der Waals surface area contributed by atoms with E-state index in [1.165, 1.54) is 5.56 Å². The summed E-state index contributed by atoms with van der Waals surface area (Å²) in [7, 11) is 0. The Balaban J connectivity index is 0.00000225. The predicted octanol–water partition coefficient (Wildman–Crippen LogP) is 0.359. The van der Waals surface area contributed by atoms with Gasteiger partial charge in [0.15, 0.2) is 0 Å². The minimum Gasteiger partial charge on any atom is -0.872 e. The van der Waals surface area contributed by atoms with Crippen LogP contribution in [0.4, 0.5) is 0 Å². The summed E-state index contributed by atoms with van der Waals surface area (Å²) in [6, 6.07) is 5.59. The Morgan fingerprint density at radius 1 is 0.875 bits per heavy atom. The van der Waals surface area contributed by atoms with Gasteiger partial charge in [0.2, 0.25) is 0 Å². The molecule has 1 aromatic carbocycles. The molecule has 84 valence electrons. The summed E-state index contributed by atoms with van der Waals surface area (Å²) in [6.07, 6.45) is 0. The molecule has 0 aromatic heterocycles. The fraction of sp³-hybridized carbons (Fsp3) is 0.571. The van der Waals surface area contributed by atoms with E-state index in [9.17, 15) is 5.11 Å². The topological polar surface area (TPSA) is 23.1 Å². The van der Waals surface area contributed by atoms with Crippen LogP contribution in [0.1, 0.15) is 52.7 Å². The number of hydrogen-bond acceptors (Lipinski definition) is 1. The average molecular weight is 244 g/mol. The third-order valence-corrected chi connectivity index (χ3v) is 2.58. The Labute approximate surface area is 142 Å². The molecule has 0 amide bonds. The van der Waals surface area contributed by atoms with Gasteiger partial charge < -0.3 is 5.11 Å². The number of benzene rings is 1. The molecule has 1 rings (SSSR count). The first-order valence-corrected chi connectivity index (χ1v) is 5.45. The summed E-state index contributed by atoms with van der Waals surface area (Å²) in [4.78, 5) is 0. The Bertz CT molecular complexity index is 356. The summed E-state index contributed by atoms with van der Waals surface area (Å²) in [5.41, 5.74) is 2.07. The molecule has 1 nitrogen and oxygen atoms in total. The van der Waals surface area contributed by atoms with Crippen LogP contribution in [0, 0.1) is 0 Å². The van der Waals surface area contributed by atoms with Crippen LogP contribution in [-0.2, 0) is 10.8 Å². The van der Waals surface area contributed by atoms with Crippen LogP contribution in [-0.4, -0.2) is 0 Å². The fourth-order valence-electron chi connectivity index (χ4n) is 1.93. The smallest absolute Gasteiger partial charge is 0.872 e. The first-order valence-electron chi connectivity index (χ1n) is 5.45. The second-order valence-electron chi connectivity index (χ2n) is 6.18. The van der Waals surface area contributed by atoms with Crippen LogP contribution >= 0.6 is 0 Å². The normalized spacial score (nSPS) is 12.1. The molecule has 0 radical (unpaired) electrons. The van der Waals surface area contributed by atoms with Crippen molar-refractivity contribution in [2.24, 2.45) is 0 Å². The predicted molar refractivity (Wildman–Crippen MR) is 63.3 cm³/mol. The molecule has 0 spiro atoms. The molecule has 0 unspecified atom stereocenters. The van der Waals surface area contributed by atoms with Crippen molar-refractivity contribution in [2.75, 3.05) is 0 Å². The van der Waals surface area contributed by atoms with E-state index in [0.717, 1.165) is 5.56 Å². The molecule has 0 heterocycles. The van der Waals surface area contributed by atoms with E-state index in [4.69, 9.17) is 0 Å². The van der Waals surface area contributed by atoms with Crippen molar-refractivity contribution in [3.05, 3.63) is 29.3 Å². The van der Waals surface area contributed by atoms with Crippen molar-refractivity contribution in [3.8, 4) is 5.75 Å². The Kier molecular flexibility index (Phi) is 5.76. The zero-order valence-electron chi connectivity index (χ0n) is 11.6. The summed E-state index contributed by atoms with van der Waals surface area (Å²) < 4.78 is 0. The van der Waals surface area contributed by atoms with Gasteiger partial charge in [-0.15, -0.1) is 5.75 Å². The van der Waals surface area contributed by atoms with E-state index in [0.29, 0.717) is 0 Å². The largest absolute Gasteiger partial charge is 1.00 e. The van der Waals surface area contributed by atoms with Gasteiger partial charge in [-0.1, -0.05) is 59.7 Å². The number of hydrogen-bond donors (Lipinski definition) is 0. The second-order valence-corrected chi connectivity index (χ2v) is 6.18. The molecule has 1 aromatic rings. The van der Waals surface area contributed by atoms with Crippen LogP contribution in [0.2, 0.25) is 0 Å². The molecule has 0 saturated carbocycles. The summed E-state index contributed by atoms with van der Waals surface area (Å²) in [5.74, 6) is 0.162. The van der Waals surface area contributed by atoms with E-state index >= 15 is 0 Å². The quantitative estimate of drug-likeness (QED) is 0.604. The average Bonchev–Trinajstić information content (AvgIpc) is 1.99. The van der Waals surface area contributed by atoms with Gasteiger partial charge in [-0.05, 0) is 22.0 Å². The summed E-state index contributed by atoms with van der Waals surface area (Å²) >= 11 is 0. The van der Waals surface area contributed by atoms with E-state index < -0.39 is 0 Å². The molecule has 0 aliphatic rings. The maximum absolute atomic E-state index is 11.9. The van der Waals surface area contributed by atoms with Crippen molar-refractivity contribution in [1.82, 2.24) is 0 Å². The van der Waals surface area contributed by atoms with Gasteiger partial charge in [-0.25, -0.2) is 0 Å². The maximum atomic E-state index is 11.9. The first-order chi connectivity index (χ1) is 6.64. The van der Waals surface area contributed by atoms with Gasteiger partial charge in [-0.3, -0.25) is 0 Å². The van der Waals surface area contributed by atoms with Crippen LogP contribution < -0.4 is 56.5 Å². The van der Waals surface area contributed by atoms with Crippen LogP contribution in [0.3, 0.4) is 0 Å². The Morgan fingerprint density at radius 2 is 1.38 bits per heavy atom. The third-order valence-electron chi connectivity index (χ3n) is 2.58. The SMILES string of the molecule is CC(C)(C)c1cccc([O-])c1C(C)(C)C.[K+]. The first kappa shape index (κ1) is 16.7. The van der Waals surface area contributed by atoms with E-state index in [1.807, 2.05) is 6.07 Å². The van der Waals surface area contributed by atoms with E-state index in [-0.39, 0.29) is 68.0 Å². The van der Waals surface area contributed by atoms with E-state index in [1.54, 1.807) is 6.07 Å². The zero-order chi connectivity index (χ0) is 11.9. The Morgan fingerprint density at radius 3 is 1.69 bits per heavy atom. The molecule has 0 N–H and O–H groups in total. The van der Waals surface area contributed by atoms with Crippen LogP contribution in [0.15, 0.2) is 18.2 Å². The van der Waals surface area contributed by atoms with Gasteiger partial charge in [0.25, 0.3) is 0 Å². The van der Waals surface area contributed by atoms with Crippen molar-refractivity contribution in [3.63, 3.8) is 0 Å². The fourth-order valence-corrected chi connectivity index (χ4v) is 1.93. The van der Waals surface area contributed by atoms with Gasteiger partial charge >= 0.3 is 51.4 Å². The van der Waals surface area contributed by atoms with Crippen molar-refractivity contribution >= 4 is 0 Å². The molecule has 0 bridgehead atoms. The molecular formula is C14H21KO. The molecule has 0 aliphatic carbocycles. The monoisotopic (exact) mass is 244 g/mol. The van der Waals surface area contributed by atoms with Crippen molar-refractivity contribution in [1.29, 1.82) is 0 Å². The van der Waals surface area contributed by atoms with Crippen molar-refractivity contribution < 1.29 is 56.5 Å². The van der Waals surface area contributed by atoms with Crippen LogP contribution in [0.5, 0.6) is 5.75 Å². The number of rotatable bonds is 0. The minimum atomic E-state index is -0.0824. The third kappa shape index (κ3) is 3.85. The van der Waals surface area contributed by atoms with Gasteiger partial charge in [0.05, 0.1) is 0 Å². The van der Waals surface area contributed by atoms with Gasteiger partial charge in [0, 0.05) is 0 Å². The van der Waals surface area contributed by atoms with Gasteiger partial charge in [0.1, 0.15) is 0 Å². The summed E-state index contributed by atoms with van der Waals surface area (Å²) in [6.45, 7) is 12.7. The molecule has 0 saturated heterocycles. The minimum absolute atomic E-state index is 0. The summed E-state index contributed by atoms with van der Waals surface area (Å²) in [5, 5.41) is 11.9. The standard InChI is InChI=1S/C14H22O.K/c1-13(2,3)10-8-7-9-11(15)12(10)14(4,5)6;/h7-9,15H,1-6H3;/q;+1/p-1. The molecule has 0 atom stereocenters. The zero-order valence-corrected chi connectivity index (χ0v) is 14.8. The van der Waals surface area contributed by atoms with Crippen LogP contribution in [0.25, 0.3) is 0 Å². The molecule has 16 heavy (non-hydrogen) atoms. The van der Waals surface area contributed by atoms with E-state index in [2.05, 4.69) is 47.6 Å². The molecule has 0 fully saturated rings. The molecular weight excluding hydrogens is 223 g/mol. The van der Waals surface area contributed by atoms with Gasteiger partial charge in [-0.2, -0.15) is 0 Å². The molecule has 2 heteroatoms.